The first-order valence-electron chi connectivity index (χ1n) is 23.1. The highest BCUT2D eigenvalue weighted by Gasteiger charge is 2.29. The van der Waals surface area contributed by atoms with Crippen molar-refractivity contribution in [3.05, 3.63) is 204 Å². The third kappa shape index (κ3) is 8.05. The molecular formula is C60H52F4N2Si2. The van der Waals surface area contributed by atoms with Crippen LogP contribution >= 0.6 is 0 Å². The normalized spacial score (nSPS) is 12.1. The first-order valence-corrected chi connectivity index (χ1v) is 30.1. The van der Waals surface area contributed by atoms with Crippen LogP contribution in [0.2, 0.25) is 39.3 Å². The van der Waals surface area contributed by atoms with Gasteiger partial charge in [-0.3, -0.25) is 0 Å². The van der Waals surface area contributed by atoms with E-state index in [-0.39, 0.29) is 11.4 Å². The van der Waals surface area contributed by atoms with Gasteiger partial charge in [0.1, 0.15) is 11.6 Å². The van der Waals surface area contributed by atoms with E-state index in [0.29, 0.717) is 33.6 Å². The number of nitrogens with zero attached hydrogens (tertiary/aromatic N) is 2. The van der Waals surface area contributed by atoms with Crippen LogP contribution in [0.3, 0.4) is 0 Å². The van der Waals surface area contributed by atoms with Crippen molar-refractivity contribution in [1.29, 1.82) is 0 Å². The number of rotatable bonds is 10. The third-order valence-corrected chi connectivity index (χ3v) is 17.4. The lowest BCUT2D eigenvalue weighted by Crippen LogP contribution is -2.37. The molecule has 10 aromatic carbocycles. The summed E-state index contributed by atoms with van der Waals surface area (Å²) in [6, 6.07) is 53.4. The van der Waals surface area contributed by atoms with Crippen LogP contribution in [0.1, 0.15) is 11.1 Å². The van der Waals surface area contributed by atoms with Gasteiger partial charge in [0.2, 0.25) is 0 Å². The van der Waals surface area contributed by atoms with Crippen molar-refractivity contribution in [3.63, 3.8) is 0 Å². The predicted octanol–water partition coefficient (Wildman–Crippen LogP) is 17.1. The van der Waals surface area contributed by atoms with Crippen LogP contribution in [-0.2, 0) is 0 Å². The molecule has 0 fully saturated rings. The molecule has 0 unspecified atom stereocenters. The van der Waals surface area contributed by atoms with Crippen molar-refractivity contribution < 1.29 is 17.6 Å². The van der Waals surface area contributed by atoms with E-state index in [2.05, 4.69) is 99.9 Å². The molecule has 0 radical (unpaired) electrons. The number of anilines is 6. The van der Waals surface area contributed by atoms with Gasteiger partial charge in [0, 0.05) is 45.4 Å². The fourth-order valence-electron chi connectivity index (χ4n) is 9.81. The van der Waals surface area contributed by atoms with Crippen LogP contribution in [0, 0.1) is 37.1 Å². The van der Waals surface area contributed by atoms with Gasteiger partial charge in [0.05, 0.1) is 38.9 Å². The zero-order valence-electron chi connectivity index (χ0n) is 39.6. The monoisotopic (exact) mass is 932 g/mol. The van der Waals surface area contributed by atoms with Gasteiger partial charge < -0.3 is 9.80 Å². The summed E-state index contributed by atoms with van der Waals surface area (Å²) in [6.45, 7) is 17.7. The highest BCUT2D eigenvalue weighted by molar-refractivity contribution is 6.89. The Morgan fingerprint density at radius 3 is 1.10 bits per heavy atom. The standard InChI is InChI=1S/C60H52F4N2Si2/c1-37-11-9-13-41(31-37)51-33-43(61)35-53(63)59(51)65(45-19-23-47(24-20-45)67(3,4)5)55-29-17-39-16-28-50-56(30-18-40-15-27-49(55)57(39)58(40)50)66(46-21-25-48(26-22-46)68(6,7)8)60-52(34-44(62)36-54(60)64)42-14-10-12-38(2)32-42/h9-36H,1-8H3. The summed E-state index contributed by atoms with van der Waals surface area (Å²) in [5.74, 6) is -2.71. The molecule has 68 heavy (non-hydrogen) atoms. The van der Waals surface area contributed by atoms with Crippen LogP contribution in [0.4, 0.5) is 51.7 Å². The van der Waals surface area contributed by atoms with Gasteiger partial charge in [-0.25, -0.2) is 17.6 Å². The number of benzene rings is 10. The zero-order valence-corrected chi connectivity index (χ0v) is 41.6. The van der Waals surface area contributed by atoms with Crippen molar-refractivity contribution in [1.82, 2.24) is 0 Å². The fourth-order valence-corrected chi connectivity index (χ4v) is 12.1. The maximum atomic E-state index is 17.0. The molecule has 0 saturated carbocycles. The molecule has 0 aliphatic rings. The van der Waals surface area contributed by atoms with Crippen LogP contribution in [0.25, 0.3) is 54.6 Å². The average molecular weight is 933 g/mol. The van der Waals surface area contributed by atoms with Crippen LogP contribution in [0.15, 0.2) is 170 Å². The summed E-state index contributed by atoms with van der Waals surface area (Å²) >= 11 is 0. The van der Waals surface area contributed by atoms with Gasteiger partial charge in [0.15, 0.2) is 11.6 Å². The lowest BCUT2D eigenvalue weighted by Gasteiger charge is -2.32. The minimum Gasteiger partial charge on any atom is -0.307 e. The Bertz CT molecular complexity index is 3320. The van der Waals surface area contributed by atoms with Crippen molar-refractivity contribution in [2.24, 2.45) is 0 Å². The highest BCUT2D eigenvalue weighted by atomic mass is 28.3. The summed E-state index contributed by atoms with van der Waals surface area (Å²) in [5, 5.41) is 8.02. The zero-order chi connectivity index (χ0) is 47.8. The molecule has 338 valence electrons. The first kappa shape index (κ1) is 44.8. The van der Waals surface area contributed by atoms with E-state index in [1.165, 1.54) is 22.5 Å². The van der Waals surface area contributed by atoms with Crippen LogP contribution < -0.4 is 20.2 Å². The molecule has 0 aromatic heterocycles. The van der Waals surface area contributed by atoms with Gasteiger partial charge in [-0.15, -0.1) is 0 Å². The van der Waals surface area contributed by atoms with Gasteiger partial charge in [-0.1, -0.05) is 170 Å². The molecule has 2 nitrogen and oxygen atoms in total. The Kier molecular flexibility index (Phi) is 11.2. The summed E-state index contributed by atoms with van der Waals surface area (Å²) in [5.41, 5.74) is 7.52. The molecule has 0 atom stereocenters. The molecular weight excluding hydrogens is 881 g/mol. The second-order valence-corrected chi connectivity index (χ2v) is 30.3. The topological polar surface area (TPSA) is 6.48 Å². The van der Waals surface area contributed by atoms with Crippen molar-refractivity contribution in [2.75, 3.05) is 9.80 Å². The van der Waals surface area contributed by atoms with Gasteiger partial charge in [-0.2, -0.15) is 0 Å². The van der Waals surface area contributed by atoms with E-state index >= 15 is 17.6 Å². The number of hydrogen-bond acceptors (Lipinski definition) is 2. The van der Waals surface area contributed by atoms with Crippen molar-refractivity contribution in [2.45, 2.75) is 53.1 Å². The molecule has 8 heteroatoms. The second kappa shape index (κ2) is 16.9. The highest BCUT2D eigenvalue weighted by Crippen LogP contribution is 2.51. The molecule has 10 rings (SSSR count). The number of aryl methyl sites for hydroxylation is 2. The Labute approximate surface area is 398 Å². The smallest absolute Gasteiger partial charge is 0.150 e. The maximum Gasteiger partial charge on any atom is 0.150 e. The van der Waals surface area contributed by atoms with E-state index in [1.54, 1.807) is 0 Å². The molecule has 0 N–H and O–H groups in total. The number of halogens is 4. The van der Waals surface area contributed by atoms with E-state index in [0.717, 1.165) is 67.0 Å². The Morgan fingerprint density at radius 1 is 0.382 bits per heavy atom. The van der Waals surface area contributed by atoms with Crippen LogP contribution in [0.5, 0.6) is 0 Å². The fraction of sp³-hybridized carbons (Fsp3) is 0.133. The molecule has 0 saturated heterocycles. The summed E-state index contributed by atoms with van der Waals surface area (Å²) in [4.78, 5) is 3.86. The molecule has 0 heterocycles. The van der Waals surface area contributed by atoms with Gasteiger partial charge in [-0.05, 0) is 95.1 Å². The second-order valence-electron chi connectivity index (χ2n) is 20.2. The molecule has 0 spiro atoms. The lowest BCUT2D eigenvalue weighted by atomic mass is 9.91. The molecule has 10 aromatic rings. The quantitative estimate of drug-likeness (QED) is 0.0766. The van der Waals surface area contributed by atoms with E-state index < -0.39 is 39.4 Å². The molecule has 0 aliphatic heterocycles. The minimum absolute atomic E-state index is 0.233. The van der Waals surface area contributed by atoms with Gasteiger partial charge in [0.25, 0.3) is 0 Å². The Balaban J connectivity index is 1.27. The minimum atomic E-state index is -1.72. The SMILES string of the molecule is Cc1cccc(-c2cc(F)cc(F)c2N(c2ccc([Si](C)(C)C)cc2)c2ccc3ccc4c(N(c5ccc([Si](C)(C)C)cc5)c5c(F)cc(F)cc5-c5cccc(C)c5)ccc5ccc2c3c54)c1. The molecule has 0 aliphatic carbocycles. The maximum absolute atomic E-state index is 17.0. The lowest BCUT2D eigenvalue weighted by molar-refractivity contribution is 0.584. The largest absolute Gasteiger partial charge is 0.307 e. The average Bonchev–Trinajstić information content (AvgIpc) is 3.29. The van der Waals surface area contributed by atoms with E-state index in [9.17, 15) is 0 Å². The molecule has 0 amide bonds. The first-order chi connectivity index (χ1) is 32.4. The van der Waals surface area contributed by atoms with Crippen molar-refractivity contribution in [3.8, 4) is 22.3 Å². The van der Waals surface area contributed by atoms with Crippen LogP contribution in [-0.4, -0.2) is 16.1 Å². The molecule has 0 bridgehead atoms. The summed E-state index contributed by atoms with van der Waals surface area (Å²) in [6.07, 6.45) is 0. The van der Waals surface area contributed by atoms with E-state index in [1.807, 2.05) is 109 Å². The summed E-state index contributed by atoms with van der Waals surface area (Å²) < 4.78 is 65.0. The van der Waals surface area contributed by atoms with E-state index in [4.69, 9.17) is 0 Å². The van der Waals surface area contributed by atoms with Crippen molar-refractivity contribution >= 4 is 93.0 Å². The Morgan fingerprint density at radius 2 is 0.750 bits per heavy atom. The van der Waals surface area contributed by atoms with Gasteiger partial charge >= 0.3 is 0 Å². The summed E-state index contributed by atoms with van der Waals surface area (Å²) in [7, 11) is -3.44. The predicted molar refractivity (Wildman–Crippen MR) is 286 cm³/mol. The Hall–Kier alpha value is -7.01. The third-order valence-electron chi connectivity index (χ3n) is 13.2. The number of hydrogen-bond donors (Lipinski definition) is 0.